The lowest BCUT2D eigenvalue weighted by Gasteiger charge is -2.16. The summed E-state index contributed by atoms with van der Waals surface area (Å²) >= 11 is 0. The second-order valence-corrected chi connectivity index (χ2v) is 3.73. The van der Waals surface area contributed by atoms with E-state index >= 15 is 0 Å². The highest BCUT2D eigenvalue weighted by Crippen LogP contribution is 2.31. The number of nitrogen functional groups attached to an aromatic ring is 1. The summed E-state index contributed by atoms with van der Waals surface area (Å²) in [6, 6.07) is 1.75. The van der Waals surface area contributed by atoms with E-state index < -0.39 is 5.79 Å². The van der Waals surface area contributed by atoms with Crippen LogP contribution in [0.5, 0.6) is 0 Å². The predicted octanol–water partition coefficient (Wildman–Crippen LogP) is 0.883. The van der Waals surface area contributed by atoms with Crippen LogP contribution in [0.1, 0.15) is 25.6 Å². The highest BCUT2D eigenvalue weighted by Gasteiger charge is 2.34. The van der Waals surface area contributed by atoms with E-state index in [1.54, 1.807) is 6.07 Å². The molecule has 1 unspecified atom stereocenters. The van der Waals surface area contributed by atoms with Crippen molar-refractivity contribution in [2.24, 2.45) is 0 Å². The van der Waals surface area contributed by atoms with E-state index in [9.17, 15) is 0 Å². The molecule has 5 heteroatoms. The van der Waals surface area contributed by atoms with Crippen molar-refractivity contribution in [1.29, 1.82) is 0 Å². The number of anilines is 1. The fourth-order valence-electron chi connectivity index (χ4n) is 1.39. The molecule has 0 saturated carbocycles. The first-order chi connectivity index (χ1) is 6.57. The predicted molar refractivity (Wildman–Crippen MR) is 50.3 cm³/mol. The van der Waals surface area contributed by atoms with E-state index in [1.165, 1.54) is 6.20 Å². The topological polar surface area (TPSA) is 70.3 Å². The molecule has 1 aromatic rings. The number of ether oxygens (including phenoxy) is 2. The van der Waals surface area contributed by atoms with Gasteiger partial charge in [0.2, 0.25) is 0 Å². The summed E-state index contributed by atoms with van der Waals surface area (Å²) in [6.45, 7) is 4.23. The zero-order chi connectivity index (χ0) is 10.2. The average Bonchev–Trinajstić information content (AvgIpc) is 2.46. The fourth-order valence-corrected chi connectivity index (χ4v) is 1.39. The SMILES string of the molecule is CC1(C)OCC(c2cc(N)cnn2)O1. The Labute approximate surface area is 82.2 Å². The molecule has 2 heterocycles. The van der Waals surface area contributed by atoms with Crippen molar-refractivity contribution in [3.63, 3.8) is 0 Å². The van der Waals surface area contributed by atoms with E-state index in [1.807, 2.05) is 13.8 Å². The molecule has 1 aliphatic heterocycles. The molecule has 1 aromatic heterocycles. The number of rotatable bonds is 1. The molecule has 2 N–H and O–H groups in total. The van der Waals surface area contributed by atoms with Crippen LogP contribution in [0.3, 0.4) is 0 Å². The van der Waals surface area contributed by atoms with Gasteiger partial charge >= 0.3 is 0 Å². The summed E-state index contributed by atoms with van der Waals surface area (Å²) in [5.74, 6) is -0.545. The minimum atomic E-state index is -0.545. The quantitative estimate of drug-likeness (QED) is 0.720. The van der Waals surface area contributed by atoms with Crippen molar-refractivity contribution in [2.45, 2.75) is 25.7 Å². The van der Waals surface area contributed by atoms with Gasteiger partial charge in [0.15, 0.2) is 5.79 Å². The van der Waals surface area contributed by atoms with Crippen LogP contribution in [-0.4, -0.2) is 22.6 Å². The lowest BCUT2D eigenvalue weighted by molar-refractivity contribution is -0.139. The number of nitrogens with zero attached hydrogens (tertiary/aromatic N) is 2. The van der Waals surface area contributed by atoms with Gasteiger partial charge in [0.1, 0.15) is 6.10 Å². The number of hydrogen-bond acceptors (Lipinski definition) is 5. The van der Waals surface area contributed by atoms with Crippen LogP contribution < -0.4 is 5.73 Å². The molecule has 2 rings (SSSR count). The monoisotopic (exact) mass is 195 g/mol. The molecule has 14 heavy (non-hydrogen) atoms. The molecule has 0 aliphatic carbocycles. The maximum atomic E-state index is 5.61. The van der Waals surface area contributed by atoms with Crippen LogP contribution in [0.2, 0.25) is 0 Å². The van der Waals surface area contributed by atoms with E-state index in [-0.39, 0.29) is 6.10 Å². The highest BCUT2D eigenvalue weighted by atomic mass is 16.7. The Bertz CT molecular complexity index is 341. The number of nitrogens with two attached hydrogens (primary N) is 1. The number of aromatic nitrogens is 2. The second kappa shape index (κ2) is 3.18. The van der Waals surface area contributed by atoms with Crippen molar-refractivity contribution >= 4 is 5.69 Å². The fraction of sp³-hybridized carbons (Fsp3) is 0.556. The second-order valence-electron chi connectivity index (χ2n) is 3.73. The summed E-state index contributed by atoms with van der Waals surface area (Å²) in [4.78, 5) is 0. The highest BCUT2D eigenvalue weighted by molar-refractivity contribution is 5.35. The van der Waals surface area contributed by atoms with E-state index in [2.05, 4.69) is 10.2 Å². The Morgan fingerprint density at radius 2 is 2.36 bits per heavy atom. The van der Waals surface area contributed by atoms with Crippen LogP contribution >= 0.6 is 0 Å². The van der Waals surface area contributed by atoms with Gasteiger partial charge in [0.25, 0.3) is 0 Å². The van der Waals surface area contributed by atoms with Crippen molar-refractivity contribution in [2.75, 3.05) is 12.3 Å². The maximum Gasteiger partial charge on any atom is 0.163 e. The molecular formula is C9H13N3O2. The van der Waals surface area contributed by atoms with Gasteiger partial charge in [-0.2, -0.15) is 10.2 Å². The van der Waals surface area contributed by atoms with E-state index in [4.69, 9.17) is 15.2 Å². The zero-order valence-corrected chi connectivity index (χ0v) is 8.23. The molecule has 76 valence electrons. The zero-order valence-electron chi connectivity index (χ0n) is 8.23. The molecule has 1 atom stereocenters. The summed E-state index contributed by atoms with van der Waals surface area (Å²) in [5.41, 5.74) is 6.90. The van der Waals surface area contributed by atoms with Gasteiger partial charge in [-0.1, -0.05) is 0 Å². The van der Waals surface area contributed by atoms with Gasteiger partial charge in [-0.05, 0) is 19.9 Å². The van der Waals surface area contributed by atoms with E-state index in [0.717, 1.165) is 5.69 Å². The molecule has 0 aromatic carbocycles. The van der Waals surface area contributed by atoms with Gasteiger partial charge in [-0.15, -0.1) is 0 Å². The summed E-state index contributed by atoms with van der Waals surface area (Å²) in [7, 11) is 0. The number of hydrogen-bond donors (Lipinski definition) is 1. The third-order valence-corrected chi connectivity index (χ3v) is 2.03. The van der Waals surface area contributed by atoms with Gasteiger partial charge < -0.3 is 15.2 Å². The molecule has 0 bridgehead atoms. The van der Waals surface area contributed by atoms with Crippen LogP contribution in [-0.2, 0) is 9.47 Å². The first-order valence-corrected chi connectivity index (χ1v) is 4.47. The van der Waals surface area contributed by atoms with Crippen molar-refractivity contribution in [3.05, 3.63) is 18.0 Å². The minimum Gasteiger partial charge on any atom is -0.397 e. The van der Waals surface area contributed by atoms with Crippen LogP contribution in [0.25, 0.3) is 0 Å². The Morgan fingerprint density at radius 1 is 1.57 bits per heavy atom. The molecule has 1 aliphatic rings. The molecule has 5 nitrogen and oxygen atoms in total. The molecule has 1 saturated heterocycles. The van der Waals surface area contributed by atoms with Crippen molar-refractivity contribution < 1.29 is 9.47 Å². The summed E-state index contributed by atoms with van der Waals surface area (Å²) in [5, 5.41) is 7.72. The van der Waals surface area contributed by atoms with Gasteiger partial charge in [0, 0.05) is 0 Å². The lowest BCUT2D eigenvalue weighted by atomic mass is 10.2. The Hall–Kier alpha value is -1.20. The van der Waals surface area contributed by atoms with Crippen LogP contribution in [0.15, 0.2) is 12.3 Å². The van der Waals surface area contributed by atoms with Crippen LogP contribution in [0, 0.1) is 0 Å². The maximum absolute atomic E-state index is 5.61. The normalized spacial score (nSPS) is 25.1. The standard InChI is InChI=1S/C9H13N3O2/c1-9(2)13-5-8(14-9)7-3-6(10)4-11-12-7/h3-4,8H,5H2,1-2H3,(H2,10,12). The average molecular weight is 195 g/mol. The smallest absolute Gasteiger partial charge is 0.163 e. The molecule has 0 spiro atoms. The molecule has 0 amide bonds. The third-order valence-electron chi connectivity index (χ3n) is 2.03. The third kappa shape index (κ3) is 1.83. The van der Waals surface area contributed by atoms with E-state index in [0.29, 0.717) is 12.3 Å². The first-order valence-electron chi connectivity index (χ1n) is 4.47. The molecule has 0 radical (unpaired) electrons. The van der Waals surface area contributed by atoms with Crippen molar-refractivity contribution in [3.8, 4) is 0 Å². The Kier molecular flexibility index (Phi) is 2.13. The summed E-state index contributed by atoms with van der Waals surface area (Å²) < 4.78 is 11.0. The van der Waals surface area contributed by atoms with Crippen LogP contribution in [0.4, 0.5) is 5.69 Å². The van der Waals surface area contributed by atoms with Gasteiger partial charge in [-0.3, -0.25) is 0 Å². The largest absolute Gasteiger partial charge is 0.397 e. The Morgan fingerprint density at radius 3 is 2.93 bits per heavy atom. The van der Waals surface area contributed by atoms with Crippen molar-refractivity contribution in [1.82, 2.24) is 10.2 Å². The van der Waals surface area contributed by atoms with Gasteiger partial charge in [-0.25, -0.2) is 0 Å². The summed E-state index contributed by atoms with van der Waals surface area (Å²) in [6.07, 6.45) is 1.34. The van der Waals surface area contributed by atoms with Gasteiger partial charge in [0.05, 0.1) is 24.2 Å². The molecular weight excluding hydrogens is 182 g/mol. The minimum absolute atomic E-state index is 0.166. The lowest BCUT2D eigenvalue weighted by Crippen LogP contribution is -2.19. The molecule has 1 fully saturated rings. The first kappa shape index (κ1) is 9.36. The Balaban J connectivity index is 2.17.